The average molecular weight is 1340 g/mol. The standard InChI is InChI=1S/C88H98N2O10/c1-9-22-66-55-70(52-63(93)30-20-32-68-54-69(99-85(98-68)59-26-18-29-62(92)50-59)34-21-33-67-53-64(10-2)95-84(97-67)58-25-17-28-61(91)49-58)100-86(96-66)60-27-19-31-65(51-60)94-48-47-77-75(41-45-80-87(3,4)82-71-35-13-11-23-56(71)39-43-78(82)89(80)7)73-37-15-16-38-74(73)76(77)42-46-81-88(5,6)83-72-36-14-12-24-57(72)40-44-79(83)90(81)8/h11-19,23-29,31,35-46,49-51,63-64,66-70,84-86,93H,9-10,20-22,30,32-34,47-48,52-55H2,1-8H3,(H-,91,92)/p+1. The molecule has 14 rings (SSSR count). The Balaban J connectivity index is 0.656. The molecular formula is C88H99N2O10+. The fourth-order valence-electron chi connectivity index (χ4n) is 17.0. The molecule has 0 saturated carbocycles. The zero-order chi connectivity index (χ0) is 69.2. The molecule has 10 unspecified atom stereocenters. The van der Waals surface area contributed by atoms with Crippen LogP contribution in [-0.4, -0.2) is 89.0 Å². The fraction of sp³-hybridized carbons (Fsp3) is 0.398. The summed E-state index contributed by atoms with van der Waals surface area (Å²) < 4.78 is 48.9. The van der Waals surface area contributed by atoms with Gasteiger partial charge in [0.25, 0.3) is 0 Å². The molecule has 10 atom stereocenters. The molecular weight excluding hydrogens is 1240 g/mol. The van der Waals surface area contributed by atoms with E-state index in [-0.39, 0.29) is 59.0 Å². The van der Waals surface area contributed by atoms with Crippen LogP contribution in [0, 0.1) is 0 Å². The molecule has 0 radical (unpaired) electrons. The van der Waals surface area contributed by atoms with Crippen molar-refractivity contribution in [1.29, 1.82) is 0 Å². The molecule has 0 amide bonds. The molecule has 12 heteroatoms. The summed E-state index contributed by atoms with van der Waals surface area (Å²) in [6.45, 7) is 14.2. The molecule has 0 spiro atoms. The molecule has 100 heavy (non-hydrogen) atoms. The van der Waals surface area contributed by atoms with Crippen LogP contribution < -0.4 is 9.64 Å². The minimum Gasteiger partial charge on any atom is -0.508 e. The predicted octanol–water partition coefficient (Wildman–Crippen LogP) is 19.8. The number of phenolic OH excluding ortho intramolecular Hbond substituents is 2. The van der Waals surface area contributed by atoms with Crippen molar-refractivity contribution < 1.29 is 53.1 Å². The first kappa shape index (κ1) is 68.9. The van der Waals surface area contributed by atoms with E-state index < -0.39 is 25.0 Å². The molecule has 3 fully saturated rings. The van der Waals surface area contributed by atoms with E-state index in [9.17, 15) is 15.3 Å². The number of nitrogens with zero attached hydrogens (tertiary/aromatic N) is 2. The number of fused-ring (bicyclic) bond motifs is 7. The lowest BCUT2D eigenvalue weighted by Gasteiger charge is -2.38. The first-order chi connectivity index (χ1) is 48.5. The number of rotatable bonds is 23. The fourth-order valence-corrected chi connectivity index (χ4v) is 17.0. The van der Waals surface area contributed by atoms with E-state index in [1.54, 1.807) is 24.3 Å². The van der Waals surface area contributed by atoms with Crippen LogP contribution in [0.25, 0.3) is 32.7 Å². The number of benzene rings is 8. The van der Waals surface area contributed by atoms with Crippen LogP contribution in [0.15, 0.2) is 205 Å². The summed E-state index contributed by atoms with van der Waals surface area (Å²) >= 11 is 0. The molecule has 12 nitrogen and oxygen atoms in total. The third-order valence-corrected chi connectivity index (χ3v) is 22.0. The zero-order valence-electron chi connectivity index (χ0n) is 59.4. The summed E-state index contributed by atoms with van der Waals surface area (Å²) in [6, 6.07) is 57.9. The summed E-state index contributed by atoms with van der Waals surface area (Å²) in [6.07, 6.45) is 17.6. The maximum Gasteiger partial charge on any atom is 0.210 e. The van der Waals surface area contributed by atoms with Crippen LogP contribution in [-0.2, 0) is 39.3 Å². The number of phenols is 2. The van der Waals surface area contributed by atoms with Gasteiger partial charge in [0.1, 0.15) is 24.3 Å². The summed E-state index contributed by atoms with van der Waals surface area (Å²) in [5, 5.41) is 37.6. The van der Waals surface area contributed by atoms with Crippen LogP contribution in [0.1, 0.15) is 189 Å². The number of likely N-dealkylation sites (N-methyl/N-ethyl adjacent to an activating group) is 1. The van der Waals surface area contributed by atoms with Gasteiger partial charge in [0.05, 0.1) is 54.7 Å². The Morgan fingerprint density at radius 1 is 0.560 bits per heavy atom. The van der Waals surface area contributed by atoms with Gasteiger partial charge in [-0.15, -0.1) is 0 Å². The molecule has 0 aromatic heterocycles. The second-order valence-electron chi connectivity index (χ2n) is 29.6. The SMILES string of the molecule is CCCC1CC(CC(O)CCCC2CC(CCCC3CC(CC)OC(c4cccc(O)c4)O3)OC(c3cccc(O)c3)O2)OC(c2cccc(OCCC3=C(/C=C/C4=[N+](C)c5ccc6ccccc6c5C4(C)C)c4ccccc4/C3=C\C=C3\N(C)c4ccc5ccccc5c4C3(C)C)c2)O1. The highest BCUT2D eigenvalue weighted by atomic mass is 16.7. The molecule has 520 valence electrons. The van der Waals surface area contributed by atoms with Gasteiger partial charge in [-0.2, -0.15) is 4.58 Å². The molecule has 3 saturated heterocycles. The molecule has 5 aliphatic heterocycles. The second kappa shape index (κ2) is 29.8. The first-order valence-electron chi connectivity index (χ1n) is 36.8. The lowest BCUT2D eigenvalue weighted by atomic mass is 9.79. The molecule has 6 aliphatic rings. The number of allylic oxidation sites excluding steroid dienone is 7. The van der Waals surface area contributed by atoms with Gasteiger partial charge in [0.15, 0.2) is 24.6 Å². The quantitative estimate of drug-likeness (QED) is 0.0529. The van der Waals surface area contributed by atoms with Crippen molar-refractivity contribution in [2.45, 2.75) is 204 Å². The van der Waals surface area contributed by atoms with E-state index in [1.807, 2.05) is 36.4 Å². The molecule has 5 heterocycles. The van der Waals surface area contributed by atoms with Gasteiger partial charge in [-0.1, -0.05) is 155 Å². The van der Waals surface area contributed by atoms with Crippen molar-refractivity contribution in [1.82, 2.24) is 0 Å². The van der Waals surface area contributed by atoms with Crippen molar-refractivity contribution in [2.75, 3.05) is 25.6 Å². The Morgan fingerprint density at radius 2 is 1.11 bits per heavy atom. The third-order valence-electron chi connectivity index (χ3n) is 22.0. The molecule has 8 aromatic rings. The Morgan fingerprint density at radius 3 is 1.76 bits per heavy atom. The number of aliphatic hydroxyl groups is 1. The Kier molecular flexibility index (Phi) is 20.5. The maximum absolute atomic E-state index is 11.8. The van der Waals surface area contributed by atoms with Crippen LogP contribution >= 0.6 is 0 Å². The number of hydrogen-bond donors (Lipinski definition) is 3. The highest BCUT2D eigenvalue weighted by molar-refractivity contribution is 6.10. The van der Waals surface area contributed by atoms with Gasteiger partial charge in [-0.25, -0.2) is 0 Å². The Hall–Kier alpha value is -8.17. The normalized spacial score (nSPS) is 25.2. The molecule has 3 N–H and O–H groups in total. The summed E-state index contributed by atoms with van der Waals surface area (Å²) in [5.74, 6) is 1.10. The van der Waals surface area contributed by atoms with E-state index in [1.165, 1.54) is 83.3 Å². The first-order valence-corrected chi connectivity index (χ1v) is 36.8. The van der Waals surface area contributed by atoms with Crippen molar-refractivity contribution >= 4 is 49.8 Å². The second-order valence-corrected chi connectivity index (χ2v) is 29.6. The van der Waals surface area contributed by atoms with E-state index in [4.69, 9.17) is 33.2 Å². The largest absolute Gasteiger partial charge is 0.508 e. The summed E-state index contributed by atoms with van der Waals surface area (Å²) in [4.78, 5) is 2.38. The molecule has 8 aromatic carbocycles. The highest BCUT2D eigenvalue weighted by Gasteiger charge is 2.45. The van der Waals surface area contributed by atoms with E-state index in [2.05, 4.69) is 199 Å². The van der Waals surface area contributed by atoms with Crippen molar-refractivity contribution in [3.8, 4) is 17.2 Å². The van der Waals surface area contributed by atoms with Crippen molar-refractivity contribution in [2.24, 2.45) is 0 Å². The highest BCUT2D eigenvalue weighted by Crippen LogP contribution is 2.52. The van der Waals surface area contributed by atoms with Crippen molar-refractivity contribution in [3.63, 3.8) is 0 Å². The monoisotopic (exact) mass is 1340 g/mol. The number of hydrogen-bond acceptors (Lipinski definition) is 11. The number of ether oxygens (including phenoxy) is 7. The lowest BCUT2D eigenvalue weighted by molar-refractivity contribution is -0.401. The minimum atomic E-state index is -0.621. The van der Waals surface area contributed by atoms with E-state index >= 15 is 0 Å². The van der Waals surface area contributed by atoms with Gasteiger partial charge < -0.3 is 53.4 Å². The molecule has 1 aliphatic carbocycles. The Bertz CT molecular complexity index is 4440. The van der Waals surface area contributed by atoms with Gasteiger partial charge in [-0.05, 0) is 187 Å². The third kappa shape index (κ3) is 14.4. The Labute approximate surface area is 590 Å². The zero-order valence-corrected chi connectivity index (χ0v) is 59.4. The average Bonchev–Trinajstić information content (AvgIpc) is 1.57. The van der Waals surface area contributed by atoms with Crippen molar-refractivity contribution in [3.05, 3.63) is 244 Å². The predicted molar refractivity (Wildman–Crippen MR) is 399 cm³/mol. The van der Waals surface area contributed by atoms with Crippen LogP contribution in [0.5, 0.6) is 17.2 Å². The van der Waals surface area contributed by atoms with Gasteiger partial charge in [-0.3, -0.25) is 0 Å². The van der Waals surface area contributed by atoms with Crippen LogP contribution in [0.2, 0.25) is 0 Å². The van der Waals surface area contributed by atoms with E-state index in [0.717, 1.165) is 86.6 Å². The number of aromatic hydroxyl groups is 2. The van der Waals surface area contributed by atoms with Crippen LogP contribution in [0.4, 0.5) is 11.4 Å². The minimum absolute atomic E-state index is 0.00929. The summed E-state index contributed by atoms with van der Waals surface area (Å²) in [7, 11) is 4.42. The lowest BCUT2D eigenvalue weighted by Crippen LogP contribution is -2.36. The summed E-state index contributed by atoms with van der Waals surface area (Å²) in [5.41, 5.74) is 15.7. The topological polar surface area (TPSA) is 132 Å². The number of anilines is 1. The van der Waals surface area contributed by atoms with Crippen LogP contribution in [0.3, 0.4) is 0 Å². The van der Waals surface area contributed by atoms with Gasteiger partial charge in [0.2, 0.25) is 5.69 Å². The smallest absolute Gasteiger partial charge is 0.210 e. The molecule has 0 bridgehead atoms. The number of aliphatic hydroxyl groups excluding tert-OH is 1. The maximum atomic E-state index is 11.8. The van der Waals surface area contributed by atoms with E-state index in [0.29, 0.717) is 32.3 Å². The van der Waals surface area contributed by atoms with Gasteiger partial charge in [0, 0.05) is 83.9 Å². The van der Waals surface area contributed by atoms with Gasteiger partial charge >= 0.3 is 0 Å².